The van der Waals surface area contributed by atoms with Crippen molar-refractivity contribution in [3.05, 3.63) is 82.3 Å². The van der Waals surface area contributed by atoms with Gasteiger partial charge in [0.25, 0.3) is 0 Å². The molecule has 10 rings (SSSR count). The van der Waals surface area contributed by atoms with Crippen LogP contribution in [-0.2, 0) is 27.4 Å². The number of piperidine rings is 4. The Kier molecular flexibility index (Phi) is 9.88. The number of hydrogen-bond donors (Lipinski definition) is 1. The summed E-state index contributed by atoms with van der Waals surface area (Å²) in [5.74, 6) is 5.22. The fourth-order valence-corrected chi connectivity index (χ4v) is 9.28. The number of likely N-dealkylation sites (tertiary alicyclic amines) is 1. The van der Waals surface area contributed by atoms with Gasteiger partial charge in [-0.25, -0.2) is 4.79 Å². The van der Waals surface area contributed by atoms with Crippen LogP contribution in [-0.4, -0.2) is 65.3 Å². The van der Waals surface area contributed by atoms with Gasteiger partial charge >= 0.3 is 6.09 Å². The second-order valence-electron chi connectivity index (χ2n) is 18.0. The van der Waals surface area contributed by atoms with E-state index < -0.39 is 5.60 Å². The summed E-state index contributed by atoms with van der Waals surface area (Å²) in [5, 5.41) is 12.4. The summed E-state index contributed by atoms with van der Waals surface area (Å²) in [6.07, 6.45) is 7.59. The number of aryl methyl sites for hydroxylation is 2. The summed E-state index contributed by atoms with van der Waals surface area (Å²) in [6.45, 7) is 14.7. The van der Waals surface area contributed by atoms with Crippen molar-refractivity contribution in [1.29, 1.82) is 0 Å². The summed E-state index contributed by atoms with van der Waals surface area (Å²) in [5.41, 5.74) is 8.43. The van der Waals surface area contributed by atoms with E-state index in [1.807, 2.05) is 37.8 Å². The molecule has 4 atom stereocenters. The van der Waals surface area contributed by atoms with Gasteiger partial charge in [0.05, 0.1) is 25.4 Å². The molecule has 292 valence electrons. The van der Waals surface area contributed by atoms with Crippen LogP contribution in [0.25, 0.3) is 22.5 Å². The average molecular weight is 749 g/mol. The lowest BCUT2D eigenvalue weighted by Gasteiger charge is -2.52. The van der Waals surface area contributed by atoms with Gasteiger partial charge in [0, 0.05) is 72.1 Å². The van der Waals surface area contributed by atoms with Gasteiger partial charge < -0.3 is 33.5 Å². The third-order valence-corrected chi connectivity index (χ3v) is 12.6. The van der Waals surface area contributed by atoms with Crippen molar-refractivity contribution in [3.8, 4) is 22.5 Å². The number of nitrogens with one attached hydrogen (secondary N) is 1. The minimum Gasteiger partial charge on any atom is -0.444 e. The van der Waals surface area contributed by atoms with E-state index in [2.05, 4.69) is 65.9 Å². The lowest BCUT2D eigenvalue weighted by Crippen LogP contribution is -2.60. The van der Waals surface area contributed by atoms with Crippen molar-refractivity contribution in [3.63, 3.8) is 0 Å². The van der Waals surface area contributed by atoms with Crippen LogP contribution in [0.15, 0.2) is 57.6 Å². The van der Waals surface area contributed by atoms with Gasteiger partial charge in [0.15, 0.2) is 0 Å². The minimum absolute atomic E-state index is 0.186. The number of aromatic nitrogens is 2. The molecule has 1 N–H and O–H groups in total. The summed E-state index contributed by atoms with van der Waals surface area (Å²) in [4.78, 5) is 14.3. The van der Waals surface area contributed by atoms with Gasteiger partial charge in [0.2, 0.25) is 0 Å². The molecule has 4 bridgehead atoms. The third kappa shape index (κ3) is 7.62. The molecule has 6 fully saturated rings. The van der Waals surface area contributed by atoms with Gasteiger partial charge in [-0.15, -0.1) is 0 Å². The monoisotopic (exact) mass is 748 g/mol. The van der Waals surface area contributed by atoms with E-state index in [1.54, 1.807) is 0 Å². The summed E-state index contributed by atoms with van der Waals surface area (Å²) >= 11 is 0. The lowest BCUT2D eigenvalue weighted by molar-refractivity contribution is -0.146. The molecule has 4 aromatic rings. The van der Waals surface area contributed by atoms with Crippen LogP contribution in [0, 0.1) is 37.5 Å². The quantitative estimate of drug-likeness (QED) is 0.170. The minimum atomic E-state index is -0.464. The van der Waals surface area contributed by atoms with E-state index in [-0.39, 0.29) is 12.2 Å². The number of carbonyl (C=O) groups excluding carboxylic acids is 1. The molecule has 2 saturated heterocycles. The van der Waals surface area contributed by atoms with Gasteiger partial charge in [-0.05, 0) is 96.1 Å². The van der Waals surface area contributed by atoms with E-state index >= 15 is 0 Å². The highest BCUT2D eigenvalue weighted by Gasteiger charge is 2.50. The molecule has 4 heterocycles. The Hall–Kier alpha value is -3.99. The first kappa shape index (κ1) is 36.6. The third-order valence-electron chi connectivity index (χ3n) is 12.6. The largest absolute Gasteiger partial charge is 0.444 e. The van der Waals surface area contributed by atoms with Crippen LogP contribution < -0.4 is 5.32 Å². The van der Waals surface area contributed by atoms with Gasteiger partial charge in [-0.3, -0.25) is 0 Å². The molecule has 10 nitrogen and oxygen atoms in total. The summed E-state index contributed by atoms with van der Waals surface area (Å²) in [7, 11) is 0. The van der Waals surface area contributed by atoms with E-state index in [0.29, 0.717) is 67.9 Å². The number of hydrogen-bond acceptors (Lipinski definition) is 9. The van der Waals surface area contributed by atoms with Crippen molar-refractivity contribution >= 4 is 6.09 Å². The number of fused-ring (bicyclic) bond motifs is 4. The molecule has 0 spiro atoms. The normalized spacial score (nSPS) is 26.7. The van der Waals surface area contributed by atoms with Crippen molar-refractivity contribution in [2.24, 2.45) is 23.7 Å². The van der Waals surface area contributed by atoms with Crippen molar-refractivity contribution < 1.29 is 28.1 Å². The maximum atomic E-state index is 12.4. The Balaban J connectivity index is 0.000000149. The van der Waals surface area contributed by atoms with Crippen molar-refractivity contribution in [2.75, 3.05) is 26.2 Å². The topological polar surface area (TPSA) is 112 Å². The average Bonchev–Trinajstić information content (AvgIpc) is 4.12. The Morgan fingerprint density at radius 1 is 0.727 bits per heavy atom. The van der Waals surface area contributed by atoms with Crippen molar-refractivity contribution in [2.45, 2.75) is 116 Å². The van der Waals surface area contributed by atoms with Gasteiger partial charge in [0.1, 0.15) is 28.5 Å². The first-order valence-electron chi connectivity index (χ1n) is 20.6. The zero-order chi connectivity index (χ0) is 37.8. The number of nitrogens with zero attached hydrogens (tertiary/aromatic N) is 3. The van der Waals surface area contributed by atoms with Gasteiger partial charge in [-0.1, -0.05) is 58.8 Å². The van der Waals surface area contributed by atoms with Crippen molar-refractivity contribution in [1.82, 2.24) is 20.5 Å². The summed E-state index contributed by atoms with van der Waals surface area (Å²) in [6, 6.07) is 16.7. The molecule has 1 amide bonds. The second-order valence-corrected chi connectivity index (χ2v) is 18.0. The highest BCUT2D eigenvalue weighted by molar-refractivity contribution is 5.69. The van der Waals surface area contributed by atoms with Crippen LogP contribution in [0.5, 0.6) is 0 Å². The molecule has 10 heteroatoms. The molecule has 2 aromatic carbocycles. The first-order chi connectivity index (χ1) is 26.6. The Bertz CT molecular complexity index is 1980. The SMILES string of the molecule is Cc1ccccc1-c1noc(C2CC2)c1COC1C2CC1CN(C(=O)OC(C)(C)C)C2.Cc1ccccc1-c1noc(C2CC2)c1COC1C2CNCC1C2. The zero-order valence-corrected chi connectivity index (χ0v) is 33.0. The molecule has 4 saturated carbocycles. The lowest BCUT2D eigenvalue weighted by atomic mass is 9.68. The fourth-order valence-electron chi connectivity index (χ4n) is 9.28. The Labute approximate surface area is 324 Å². The molecule has 2 aliphatic heterocycles. The van der Waals surface area contributed by atoms with E-state index in [4.69, 9.17) is 23.3 Å². The maximum absolute atomic E-state index is 12.4. The Morgan fingerprint density at radius 2 is 1.18 bits per heavy atom. The molecular formula is C45H56N4O6. The fraction of sp³-hybridized carbons (Fsp3) is 0.578. The number of rotatable bonds is 10. The number of ether oxygens (including phenoxy) is 3. The van der Waals surface area contributed by atoms with Crippen LogP contribution in [0.3, 0.4) is 0 Å². The standard InChI is InChI=1S/C25H32N2O4.C20H24N2O2/c1-15-7-5-6-8-19(15)21-20(23(31-26-21)16-9-10-16)14-29-22-17-11-18(22)13-27(12-17)24(28)30-25(2,3)4;1-12-4-2-3-5-16(12)18-17(20(24-22-18)13-6-7-13)11-23-19-14-8-15(19)10-21-9-14/h5-8,16-18,22H,9-14H2,1-4H3;2-5,13-15,19,21H,6-11H2,1H3. The zero-order valence-electron chi connectivity index (χ0n) is 33.0. The maximum Gasteiger partial charge on any atom is 0.410 e. The predicted molar refractivity (Wildman–Crippen MR) is 208 cm³/mol. The smallest absolute Gasteiger partial charge is 0.410 e. The van der Waals surface area contributed by atoms with E-state index in [1.165, 1.54) is 41.5 Å². The predicted octanol–water partition coefficient (Wildman–Crippen LogP) is 8.95. The van der Waals surface area contributed by atoms with Crippen LogP contribution in [0.4, 0.5) is 4.79 Å². The number of amides is 1. The van der Waals surface area contributed by atoms with E-state index in [9.17, 15) is 4.79 Å². The highest BCUT2D eigenvalue weighted by Crippen LogP contribution is 2.48. The van der Waals surface area contributed by atoms with Gasteiger partial charge in [-0.2, -0.15) is 0 Å². The van der Waals surface area contributed by atoms with Crippen LogP contribution in [0.1, 0.15) is 105 Å². The molecule has 4 aliphatic carbocycles. The first-order valence-corrected chi connectivity index (χ1v) is 20.6. The second kappa shape index (κ2) is 14.8. The summed E-state index contributed by atoms with van der Waals surface area (Å²) < 4.78 is 29.9. The Morgan fingerprint density at radius 3 is 1.62 bits per heavy atom. The molecular weight excluding hydrogens is 693 g/mol. The molecule has 6 aliphatic rings. The van der Waals surface area contributed by atoms with Crippen LogP contribution >= 0.6 is 0 Å². The molecule has 2 aromatic heterocycles. The molecule has 4 unspecified atom stereocenters. The molecule has 0 radical (unpaired) electrons. The number of carbonyl (C=O) groups is 1. The van der Waals surface area contributed by atoms with Crippen LogP contribution in [0.2, 0.25) is 0 Å². The molecule has 55 heavy (non-hydrogen) atoms. The number of benzene rings is 2. The highest BCUT2D eigenvalue weighted by atomic mass is 16.6. The van der Waals surface area contributed by atoms with E-state index in [0.717, 1.165) is 66.4 Å².